The van der Waals surface area contributed by atoms with Crippen molar-refractivity contribution in [1.29, 1.82) is 0 Å². The lowest BCUT2D eigenvalue weighted by Gasteiger charge is -2.08. The molecule has 5 nitrogen and oxygen atoms in total. The molecule has 21 heavy (non-hydrogen) atoms. The second kappa shape index (κ2) is 4.97. The number of aromatic nitrogens is 2. The lowest BCUT2D eigenvalue weighted by Crippen LogP contribution is -2.15. The molecule has 0 atom stereocenters. The molecule has 1 N–H and O–H groups in total. The number of imidazole rings is 1. The summed E-state index contributed by atoms with van der Waals surface area (Å²) in [6.45, 7) is 1.67. The lowest BCUT2D eigenvalue weighted by molar-refractivity contribution is 0.596. The fraction of sp³-hybridized carbons (Fsp3) is 0.0833. The van der Waals surface area contributed by atoms with Crippen molar-refractivity contribution in [3.63, 3.8) is 0 Å². The molecule has 0 aliphatic rings. The molecule has 0 aliphatic heterocycles. The maximum absolute atomic E-state index is 13.4. The molecule has 0 bridgehead atoms. The predicted octanol–water partition coefficient (Wildman–Crippen LogP) is 3.30. The van der Waals surface area contributed by atoms with E-state index in [1.54, 1.807) is 18.5 Å². The van der Waals surface area contributed by atoms with Gasteiger partial charge in [0.1, 0.15) is 5.82 Å². The molecular formula is C12H9ClFN3O2S2. The summed E-state index contributed by atoms with van der Waals surface area (Å²) in [5.74, 6) is -0.521. The highest BCUT2D eigenvalue weighted by molar-refractivity contribution is 7.92. The number of benzene rings is 1. The number of halogens is 2. The fourth-order valence-electron chi connectivity index (χ4n) is 1.98. The summed E-state index contributed by atoms with van der Waals surface area (Å²) < 4.78 is 41.9. The van der Waals surface area contributed by atoms with Gasteiger partial charge < -0.3 is 0 Å². The molecule has 1 aromatic carbocycles. The Hall–Kier alpha value is -1.64. The third-order valence-corrected chi connectivity index (χ3v) is 5.26. The average molecular weight is 346 g/mol. The zero-order valence-corrected chi connectivity index (χ0v) is 13.1. The Balaban J connectivity index is 2.08. The molecular weight excluding hydrogens is 337 g/mol. The molecule has 3 rings (SSSR count). The van der Waals surface area contributed by atoms with Gasteiger partial charge in [-0.15, -0.1) is 11.3 Å². The standard InChI is InChI=1S/C12H9ClFN3O2S2/c1-7-4-8(14)6-9(5-7)16-21(18,19)11-10(13)15-12-17(11)2-3-20-12/h2-6,16H,1H3. The van der Waals surface area contributed by atoms with E-state index in [1.807, 2.05) is 0 Å². The number of thiazole rings is 1. The minimum atomic E-state index is -3.97. The largest absolute Gasteiger partial charge is 0.281 e. The van der Waals surface area contributed by atoms with Crippen LogP contribution in [0.25, 0.3) is 4.96 Å². The van der Waals surface area contributed by atoms with Crippen LogP contribution >= 0.6 is 22.9 Å². The van der Waals surface area contributed by atoms with Crippen LogP contribution in [0.4, 0.5) is 10.1 Å². The van der Waals surface area contributed by atoms with Crippen LogP contribution in [0.2, 0.25) is 5.15 Å². The summed E-state index contributed by atoms with van der Waals surface area (Å²) in [7, 11) is -3.97. The van der Waals surface area contributed by atoms with E-state index in [2.05, 4.69) is 9.71 Å². The number of nitrogens with one attached hydrogen (secondary N) is 1. The Morgan fingerprint density at radius 2 is 2.14 bits per heavy atom. The van der Waals surface area contributed by atoms with Gasteiger partial charge in [0.2, 0.25) is 0 Å². The maximum Gasteiger partial charge on any atom is 0.281 e. The van der Waals surface area contributed by atoms with E-state index in [4.69, 9.17) is 11.6 Å². The van der Waals surface area contributed by atoms with Gasteiger partial charge in [0.25, 0.3) is 10.0 Å². The predicted molar refractivity (Wildman–Crippen MR) is 80.0 cm³/mol. The average Bonchev–Trinajstić information content (AvgIpc) is 2.85. The minimum Gasteiger partial charge on any atom is -0.278 e. The molecule has 2 aromatic heterocycles. The molecule has 0 radical (unpaired) electrons. The van der Waals surface area contributed by atoms with Crippen LogP contribution in [0.5, 0.6) is 0 Å². The number of aryl methyl sites for hydroxylation is 1. The van der Waals surface area contributed by atoms with Crippen LogP contribution in [-0.2, 0) is 10.0 Å². The highest BCUT2D eigenvalue weighted by Crippen LogP contribution is 2.27. The normalized spacial score (nSPS) is 12.0. The summed E-state index contributed by atoms with van der Waals surface area (Å²) >= 11 is 7.17. The maximum atomic E-state index is 13.4. The van der Waals surface area contributed by atoms with Crippen LogP contribution < -0.4 is 4.72 Å². The van der Waals surface area contributed by atoms with Crippen molar-refractivity contribution in [3.05, 3.63) is 46.3 Å². The van der Waals surface area contributed by atoms with Crippen molar-refractivity contribution >= 4 is 43.6 Å². The van der Waals surface area contributed by atoms with Gasteiger partial charge in [-0.2, -0.15) is 8.42 Å². The Morgan fingerprint density at radius 3 is 2.86 bits per heavy atom. The minimum absolute atomic E-state index is 0.123. The van der Waals surface area contributed by atoms with Crippen LogP contribution in [0, 0.1) is 12.7 Å². The smallest absolute Gasteiger partial charge is 0.278 e. The first-order valence-electron chi connectivity index (χ1n) is 5.78. The molecule has 0 amide bonds. The molecule has 0 saturated heterocycles. The van der Waals surface area contributed by atoms with Crippen molar-refractivity contribution in [3.8, 4) is 0 Å². The van der Waals surface area contributed by atoms with Gasteiger partial charge >= 0.3 is 0 Å². The Morgan fingerprint density at radius 1 is 1.38 bits per heavy atom. The van der Waals surface area contributed by atoms with Crippen LogP contribution in [0.3, 0.4) is 0 Å². The number of fused-ring (bicyclic) bond motifs is 1. The van der Waals surface area contributed by atoms with E-state index < -0.39 is 15.8 Å². The molecule has 0 unspecified atom stereocenters. The van der Waals surface area contributed by atoms with Crippen LogP contribution in [0.15, 0.2) is 34.8 Å². The van der Waals surface area contributed by atoms with Crippen LogP contribution in [-0.4, -0.2) is 17.8 Å². The molecule has 0 saturated carbocycles. The van der Waals surface area contributed by atoms with Crippen molar-refractivity contribution in [2.24, 2.45) is 0 Å². The molecule has 0 fully saturated rings. The lowest BCUT2D eigenvalue weighted by atomic mass is 10.2. The quantitative estimate of drug-likeness (QED) is 0.792. The summed E-state index contributed by atoms with van der Waals surface area (Å²) in [6.07, 6.45) is 1.56. The van der Waals surface area contributed by atoms with Gasteiger partial charge in [0, 0.05) is 11.6 Å². The Kier molecular flexibility index (Phi) is 3.39. The second-order valence-electron chi connectivity index (χ2n) is 4.39. The second-order valence-corrected chi connectivity index (χ2v) is 7.21. The third-order valence-electron chi connectivity index (χ3n) is 2.73. The van der Waals surface area contributed by atoms with E-state index in [0.717, 1.165) is 6.07 Å². The van der Waals surface area contributed by atoms with Gasteiger partial charge in [0.05, 0.1) is 5.69 Å². The number of anilines is 1. The monoisotopic (exact) mass is 345 g/mol. The number of sulfonamides is 1. The highest BCUT2D eigenvalue weighted by atomic mass is 35.5. The first-order valence-corrected chi connectivity index (χ1v) is 8.52. The van der Waals surface area contributed by atoms with E-state index in [1.165, 1.54) is 27.9 Å². The molecule has 2 heterocycles. The van der Waals surface area contributed by atoms with Crippen LogP contribution in [0.1, 0.15) is 5.56 Å². The number of hydrogen-bond donors (Lipinski definition) is 1. The number of rotatable bonds is 3. The Bertz CT molecular complexity index is 913. The van der Waals surface area contributed by atoms with Crippen molar-refractivity contribution in [1.82, 2.24) is 9.38 Å². The van der Waals surface area contributed by atoms with Gasteiger partial charge in [-0.25, -0.2) is 9.37 Å². The van der Waals surface area contributed by atoms with Gasteiger partial charge in [-0.05, 0) is 30.7 Å². The van der Waals surface area contributed by atoms with E-state index in [-0.39, 0.29) is 15.9 Å². The number of nitrogens with zero attached hydrogens (tertiary/aromatic N) is 2. The van der Waals surface area contributed by atoms with Gasteiger partial charge in [-0.1, -0.05) is 11.6 Å². The fourth-order valence-corrected chi connectivity index (χ4v) is 4.47. The van der Waals surface area contributed by atoms with Crippen molar-refractivity contribution in [2.75, 3.05) is 4.72 Å². The third kappa shape index (κ3) is 2.61. The van der Waals surface area contributed by atoms with E-state index >= 15 is 0 Å². The topological polar surface area (TPSA) is 63.5 Å². The molecule has 0 spiro atoms. The highest BCUT2D eigenvalue weighted by Gasteiger charge is 2.25. The Labute approximate surface area is 129 Å². The summed E-state index contributed by atoms with van der Waals surface area (Å²) in [4.78, 5) is 4.44. The zero-order valence-electron chi connectivity index (χ0n) is 10.7. The van der Waals surface area contributed by atoms with Crippen molar-refractivity contribution < 1.29 is 12.8 Å². The van der Waals surface area contributed by atoms with E-state index in [0.29, 0.717) is 10.5 Å². The zero-order chi connectivity index (χ0) is 15.2. The summed E-state index contributed by atoms with van der Waals surface area (Å²) in [5, 5.41) is 1.41. The SMILES string of the molecule is Cc1cc(F)cc(NS(=O)(=O)c2c(Cl)nc3sccn23)c1. The molecule has 0 aliphatic carbocycles. The summed E-state index contributed by atoms with van der Waals surface area (Å²) in [6, 6.07) is 3.94. The van der Waals surface area contributed by atoms with Crippen molar-refractivity contribution in [2.45, 2.75) is 11.9 Å². The first kappa shape index (κ1) is 14.3. The molecule has 9 heteroatoms. The van der Waals surface area contributed by atoms with E-state index in [9.17, 15) is 12.8 Å². The number of hydrogen-bond acceptors (Lipinski definition) is 4. The molecule has 3 aromatic rings. The van der Waals surface area contributed by atoms with Gasteiger partial charge in [-0.3, -0.25) is 9.12 Å². The molecule has 110 valence electrons. The first-order chi connectivity index (χ1) is 9.87. The van der Waals surface area contributed by atoms with Gasteiger partial charge in [0.15, 0.2) is 15.1 Å². The summed E-state index contributed by atoms with van der Waals surface area (Å²) in [5.41, 5.74) is 0.738.